The normalized spacial score (nSPS) is 17.9. The van der Waals surface area contributed by atoms with E-state index in [9.17, 15) is 9.46 Å². The minimum Gasteiger partial charge on any atom is -0.329 e. The Balaban J connectivity index is 4.12. The maximum atomic E-state index is 11.4. The van der Waals surface area contributed by atoms with E-state index in [2.05, 4.69) is 0 Å². The van der Waals surface area contributed by atoms with Crippen LogP contribution in [-0.4, -0.2) is 19.2 Å². The zero-order chi connectivity index (χ0) is 9.12. The number of hydrogen-bond acceptors (Lipinski definition) is 2. The van der Waals surface area contributed by atoms with Crippen LogP contribution in [0.2, 0.25) is 19.6 Å². The average molecular weight is 196 g/mol. The standard InChI is InChI=1S/C6H17O3PSi/c1-5-6-9-10(7,8)11(2,3)4/h5-6H2,1-4H3,(H,7,8). The van der Waals surface area contributed by atoms with Crippen molar-refractivity contribution in [3.63, 3.8) is 0 Å². The predicted molar refractivity (Wildman–Crippen MR) is 49.4 cm³/mol. The van der Waals surface area contributed by atoms with Crippen molar-refractivity contribution < 1.29 is 14.0 Å². The second-order valence-corrected chi connectivity index (χ2v) is 14.9. The van der Waals surface area contributed by atoms with Gasteiger partial charge in [0.25, 0.3) is 7.14 Å². The summed E-state index contributed by atoms with van der Waals surface area (Å²) in [7, 11) is -5.29. The first-order valence-corrected chi connectivity index (χ1v) is 9.70. The van der Waals surface area contributed by atoms with E-state index in [0.717, 1.165) is 6.42 Å². The highest BCUT2D eigenvalue weighted by atomic mass is 31.4. The highest BCUT2D eigenvalue weighted by molar-refractivity contribution is 7.91. The molecule has 0 fully saturated rings. The van der Waals surface area contributed by atoms with E-state index in [4.69, 9.17) is 4.52 Å². The molecule has 0 amide bonds. The van der Waals surface area contributed by atoms with Crippen molar-refractivity contribution in [2.45, 2.75) is 33.0 Å². The Morgan fingerprint density at radius 2 is 1.91 bits per heavy atom. The van der Waals surface area contributed by atoms with Crippen molar-refractivity contribution in [1.29, 1.82) is 0 Å². The minimum absolute atomic E-state index is 0.387. The lowest BCUT2D eigenvalue weighted by molar-refractivity contribution is 0.272. The first-order chi connectivity index (χ1) is 4.81. The summed E-state index contributed by atoms with van der Waals surface area (Å²) >= 11 is 0. The highest BCUT2D eigenvalue weighted by Gasteiger charge is 2.38. The third-order valence-corrected chi connectivity index (χ3v) is 9.02. The summed E-state index contributed by atoms with van der Waals surface area (Å²) in [5.41, 5.74) is 0. The Morgan fingerprint density at radius 3 is 2.18 bits per heavy atom. The van der Waals surface area contributed by atoms with Crippen LogP contribution in [-0.2, 0) is 9.09 Å². The van der Waals surface area contributed by atoms with Crippen LogP contribution in [0, 0.1) is 0 Å². The Morgan fingerprint density at radius 1 is 1.45 bits per heavy atom. The van der Waals surface area contributed by atoms with E-state index in [1.165, 1.54) is 0 Å². The molecule has 0 rings (SSSR count). The highest BCUT2D eigenvalue weighted by Crippen LogP contribution is 2.51. The van der Waals surface area contributed by atoms with E-state index >= 15 is 0 Å². The van der Waals surface area contributed by atoms with Gasteiger partial charge in [0.05, 0.1) is 6.61 Å². The summed E-state index contributed by atoms with van der Waals surface area (Å²) in [4.78, 5) is 9.38. The second-order valence-electron chi connectivity index (χ2n) is 3.52. The molecular formula is C6H17O3PSi. The quantitative estimate of drug-likeness (QED) is 0.555. The van der Waals surface area contributed by atoms with Crippen molar-refractivity contribution in [1.82, 2.24) is 0 Å². The Kier molecular flexibility index (Phi) is 3.98. The molecule has 1 atom stereocenters. The lowest BCUT2D eigenvalue weighted by atomic mass is 10.5. The molecule has 0 saturated carbocycles. The van der Waals surface area contributed by atoms with Crippen molar-refractivity contribution >= 4 is 14.9 Å². The second kappa shape index (κ2) is 3.85. The van der Waals surface area contributed by atoms with Gasteiger partial charge in [0, 0.05) is 0 Å². The van der Waals surface area contributed by atoms with E-state index in [1.54, 1.807) is 0 Å². The summed E-state index contributed by atoms with van der Waals surface area (Å²) in [6, 6.07) is 0. The molecule has 1 unspecified atom stereocenters. The Bertz CT molecular complexity index is 164. The molecule has 0 aliphatic rings. The molecule has 0 spiro atoms. The van der Waals surface area contributed by atoms with Gasteiger partial charge in [-0.2, -0.15) is 0 Å². The predicted octanol–water partition coefficient (Wildman–Crippen LogP) is 2.43. The van der Waals surface area contributed by atoms with Crippen molar-refractivity contribution in [2.24, 2.45) is 0 Å². The first kappa shape index (κ1) is 11.4. The molecule has 0 aromatic heterocycles. The SMILES string of the molecule is CCCOP(=O)(O)[Si](C)(C)C. The molecule has 5 heteroatoms. The molecular weight excluding hydrogens is 179 g/mol. The van der Waals surface area contributed by atoms with Crippen molar-refractivity contribution in [3.8, 4) is 0 Å². The van der Waals surface area contributed by atoms with Crippen molar-refractivity contribution in [2.75, 3.05) is 6.61 Å². The van der Waals surface area contributed by atoms with Crippen LogP contribution in [0.1, 0.15) is 13.3 Å². The van der Waals surface area contributed by atoms with Gasteiger partial charge >= 0.3 is 0 Å². The lowest BCUT2D eigenvalue weighted by Gasteiger charge is -2.22. The fourth-order valence-electron chi connectivity index (χ4n) is 0.409. The van der Waals surface area contributed by atoms with Gasteiger partial charge in [-0.15, -0.1) is 0 Å². The van der Waals surface area contributed by atoms with E-state index in [-0.39, 0.29) is 0 Å². The summed E-state index contributed by atoms with van der Waals surface area (Å²) in [5.74, 6) is 0. The van der Waals surface area contributed by atoms with Gasteiger partial charge in [0.1, 0.15) is 0 Å². The zero-order valence-electron chi connectivity index (χ0n) is 7.63. The molecule has 68 valence electrons. The topological polar surface area (TPSA) is 46.5 Å². The molecule has 0 aromatic carbocycles. The summed E-state index contributed by atoms with van der Waals surface area (Å²) < 4.78 is 16.3. The fraction of sp³-hybridized carbons (Fsp3) is 1.00. The van der Waals surface area contributed by atoms with Crippen LogP contribution in [0.15, 0.2) is 0 Å². The Hall–Kier alpha value is 0.367. The average Bonchev–Trinajstić information content (AvgIpc) is 1.81. The Labute approximate surface area is 69.2 Å². The molecule has 3 nitrogen and oxygen atoms in total. The monoisotopic (exact) mass is 196 g/mol. The van der Waals surface area contributed by atoms with Crippen LogP contribution in [0.25, 0.3) is 0 Å². The number of rotatable bonds is 4. The maximum absolute atomic E-state index is 11.4. The molecule has 0 aliphatic heterocycles. The van der Waals surface area contributed by atoms with E-state index in [1.807, 2.05) is 26.6 Å². The van der Waals surface area contributed by atoms with Gasteiger partial charge in [-0.1, -0.05) is 26.6 Å². The molecule has 0 heterocycles. The first-order valence-electron chi connectivity index (χ1n) is 3.78. The molecule has 11 heavy (non-hydrogen) atoms. The van der Waals surface area contributed by atoms with Gasteiger partial charge in [-0.3, -0.25) is 4.57 Å². The van der Waals surface area contributed by atoms with Gasteiger partial charge in [-0.25, -0.2) is 0 Å². The summed E-state index contributed by atoms with van der Waals surface area (Å²) in [6.45, 7) is 7.82. The lowest BCUT2D eigenvalue weighted by Crippen LogP contribution is -2.22. The summed E-state index contributed by atoms with van der Waals surface area (Å²) in [5, 5.41) is 0. The van der Waals surface area contributed by atoms with Gasteiger partial charge in [0.2, 0.25) is 0 Å². The van der Waals surface area contributed by atoms with Crippen LogP contribution in [0.3, 0.4) is 0 Å². The van der Waals surface area contributed by atoms with Gasteiger partial charge in [0.15, 0.2) is 7.74 Å². The van der Waals surface area contributed by atoms with E-state index in [0.29, 0.717) is 6.61 Å². The van der Waals surface area contributed by atoms with Gasteiger partial charge in [-0.05, 0) is 6.42 Å². The fourth-order valence-corrected chi connectivity index (χ4v) is 2.66. The molecule has 0 aliphatic carbocycles. The van der Waals surface area contributed by atoms with Crippen LogP contribution in [0.5, 0.6) is 0 Å². The molecule has 0 radical (unpaired) electrons. The third kappa shape index (κ3) is 3.52. The summed E-state index contributed by atoms with van der Waals surface area (Å²) in [6.07, 6.45) is 0.787. The van der Waals surface area contributed by atoms with Crippen LogP contribution < -0.4 is 0 Å². The molecule has 0 bridgehead atoms. The molecule has 0 saturated heterocycles. The van der Waals surface area contributed by atoms with Gasteiger partial charge < -0.3 is 9.42 Å². The smallest absolute Gasteiger partial charge is 0.294 e. The van der Waals surface area contributed by atoms with Crippen molar-refractivity contribution in [3.05, 3.63) is 0 Å². The molecule has 0 aromatic rings. The minimum atomic E-state index is -3.25. The third-order valence-electron chi connectivity index (χ3n) is 1.32. The van der Waals surface area contributed by atoms with Crippen LogP contribution >= 0.6 is 7.14 Å². The zero-order valence-corrected chi connectivity index (χ0v) is 9.52. The largest absolute Gasteiger partial charge is 0.329 e. The van der Waals surface area contributed by atoms with E-state index < -0.39 is 14.9 Å². The van der Waals surface area contributed by atoms with Crippen LogP contribution in [0.4, 0.5) is 0 Å². The maximum Gasteiger partial charge on any atom is 0.294 e. The number of hydrogen-bond donors (Lipinski definition) is 1. The molecule has 1 N–H and O–H groups in total.